The Bertz CT molecular complexity index is 2040. The van der Waals surface area contributed by atoms with Crippen LogP contribution in [0.25, 0.3) is 22.2 Å². The number of anilines is 4. The van der Waals surface area contributed by atoms with E-state index in [4.69, 9.17) is 9.72 Å². The molecule has 0 bridgehead atoms. The molecule has 13 nitrogen and oxygen atoms in total. The number of nitrogens with zero attached hydrogens (tertiary/aromatic N) is 8. The van der Waals surface area contributed by atoms with Gasteiger partial charge in [-0.3, -0.25) is 19.4 Å². The molecule has 4 aromatic heterocycles. The normalized spacial score (nSPS) is 14.6. The van der Waals surface area contributed by atoms with Gasteiger partial charge >= 0.3 is 12.1 Å². The number of aromatic nitrogens is 7. The van der Waals surface area contributed by atoms with E-state index in [1.165, 1.54) is 7.11 Å². The summed E-state index contributed by atoms with van der Waals surface area (Å²) in [6.07, 6.45) is 3.81. The van der Waals surface area contributed by atoms with Crippen molar-refractivity contribution < 1.29 is 27.3 Å². The number of piperidine rings is 1. The van der Waals surface area contributed by atoms with Gasteiger partial charge in [0.05, 0.1) is 40.0 Å². The van der Waals surface area contributed by atoms with E-state index < -0.39 is 19.9 Å². The first kappa shape index (κ1) is 33.3. The van der Waals surface area contributed by atoms with Crippen molar-refractivity contribution in [3.05, 3.63) is 59.3 Å². The maximum absolute atomic E-state index is 13.1. The molecule has 5 heterocycles. The Morgan fingerprint density at radius 2 is 1.81 bits per heavy atom. The van der Waals surface area contributed by atoms with Crippen LogP contribution in [0.1, 0.15) is 24.5 Å². The number of pyridine rings is 1. The maximum atomic E-state index is 13.1. The summed E-state index contributed by atoms with van der Waals surface area (Å²) in [6, 6.07) is 5.37. The molecule has 250 valence electrons. The summed E-state index contributed by atoms with van der Waals surface area (Å²) in [4.78, 5) is 35.2. The van der Waals surface area contributed by atoms with Gasteiger partial charge in [0.2, 0.25) is 11.8 Å². The highest BCUT2D eigenvalue weighted by Gasteiger charge is 2.43. The molecule has 0 spiro atoms. The number of aryl methyl sites for hydroxylation is 1. The van der Waals surface area contributed by atoms with Gasteiger partial charge in [-0.25, -0.2) is 9.97 Å². The fourth-order valence-corrected chi connectivity index (χ4v) is 6.99. The second-order valence-corrected chi connectivity index (χ2v) is 13.5. The van der Waals surface area contributed by atoms with Crippen LogP contribution in [0.2, 0.25) is 0 Å². The predicted molar refractivity (Wildman–Crippen MR) is 178 cm³/mol. The number of carbonyl (C=O) groups excluding carboxylic acids is 1. The minimum atomic E-state index is -4.92. The Morgan fingerprint density at radius 3 is 2.48 bits per heavy atom. The molecule has 1 aliphatic rings. The summed E-state index contributed by atoms with van der Waals surface area (Å²) in [5, 5.41) is 11.3. The molecule has 1 saturated heterocycles. The van der Waals surface area contributed by atoms with E-state index in [1.807, 2.05) is 12.3 Å². The molecule has 1 unspecified atom stereocenters. The molecule has 48 heavy (non-hydrogen) atoms. The summed E-state index contributed by atoms with van der Waals surface area (Å²) < 4.78 is 59.8. The number of methoxy groups -OCH3 is 1. The number of hydrogen-bond acceptors (Lipinski definition) is 11. The van der Waals surface area contributed by atoms with Gasteiger partial charge in [-0.1, -0.05) is 0 Å². The molecular formula is C30H29BrF3N10O3P. The molecule has 0 radical (unpaired) electrons. The van der Waals surface area contributed by atoms with Gasteiger partial charge in [0.1, 0.15) is 24.8 Å². The van der Waals surface area contributed by atoms with E-state index in [-0.39, 0.29) is 43.7 Å². The average molecular weight is 746 g/mol. The zero-order chi connectivity index (χ0) is 34.2. The highest BCUT2D eigenvalue weighted by Crippen LogP contribution is 2.40. The van der Waals surface area contributed by atoms with Gasteiger partial charge in [-0.15, -0.1) is 0 Å². The third-order valence-corrected chi connectivity index (χ3v) is 9.66. The topological polar surface area (TPSA) is 153 Å². The average Bonchev–Trinajstić information content (AvgIpc) is 3.51. The van der Waals surface area contributed by atoms with Gasteiger partial charge in [0.25, 0.3) is 0 Å². The van der Waals surface area contributed by atoms with Gasteiger partial charge in [0, 0.05) is 62.0 Å². The fourth-order valence-electron chi connectivity index (χ4n) is 5.65. The number of rotatable bonds is 8. The van der Waals surface area contributed by atoms with Crippen molar-refractivity contribution in [3.63, 3.8) is 0 Å². The van der Waals surface area contributed by atoms with Crippen molar-refractivity contribution in [2.75, 3.05) is 37.5 Å². The van der Waals surface area contributed by atoms with Gasteiger partial charge in [-0.05, 0) is 53.6 Å². The Balaban J connectivity index is 1.33. The molecule has 1 aromatic carbocycles. The standard InChI is InChI=1S/C30H29BrF3N10O3P/c1-43-15-17(13-38-43)18-12-22(27(47-2)41-23(18)16-6-10-44(11-7-16)28(45)30(32,33)34)40-29-37-14-19(31)26(42-29)39-21-5-4-20-24(25(21)48(3)46)36-9-8-35-20/h4-5,8-9,12-16,48H,6-7,10-11H2,1-3H3,(H2,37,39,40,42). The highest BCUT2D eigenvalue weighted by molar-refractivity contribution is 9.10. The minimum Gasteiger partial charge on any atom is -0.480 e. The third-order valence-electron chi connectivity index (χ3n) is 7.87. The SMILES string of the molecule is COc1nc(C2CCN(C(=O)C(F)(F)F)CC2)c(-c2cnn(C)c2)cc1Nc1ncc(Br)c(Nc2ccc3nccnc3c2[PH](C)=O)n1. The largest absolute Gasteiger partial charge is 0.480 e. The molecular weight excluding hydrogens is 716 g/mol. The Morgan fingerprint density at radius 1 is 1.06 bits per heavy atom. The van der Waals surface area contributed by atoms with Crippen LogP contribution in [0.3, 0.4) is 0 Å². The lowest BCUT2D eigenvalue weighted by molar-refractivity contribution is -0.186. The second-order valence-electron chi connectivity index (χ2n) is 11.1. The zero-order valence-corrected chi connectivity index (χ0v) is 28.4. The molecule has 0 saturated carbocycles. The first-order valence-electron chi connectivity index (χ1n) is 14.7. The number of nitrogens with one attached hydrogen (secondary N) is 2. The number of amides is 1. The van der Waals surface area contributed by atoms with Crippen LogP contribution in [-0.2, 0) is 16.4 Å². The highest BCUT2D eigenvalue weighted by atomic mass is 79.9. The summed E-state index contributed by atoms with van der Waals surface area (Å²) in [5.41, 5.74) is 4.19. The lowest BCUT2D eigenvalue weighted by atomic mass is 9.88. The quantitative estimate of drug-likeness (QED) is 0.192. The molecule has 1 fully saturated rings. The number of hydrogen-bond donors (Lipinski definition) is 2. The van der Waals surface area contributed by atoms with Crippen LogP contribution in [0.15, 0.2) is 53.7 Å². The summed E-state index contributed by atoms with van der Waals surface area (Å²) >= 11 is 3.49. The van der Waals surface area contributed by atoms with E-state index in [9.17, 15) is 22.5 Å². The smallest absolute Gasteiger partial charge is 0.471 e. The van der Waals surface area contributed by atoms with E-state index in [0.717, 1.165) is 10.5 Å². The summed E-state index contributed by atoms with van der Waals surface area (Å²) in [7, 11) is 1.02. The van der Waals surface area contributed by atoms with Crippen molar-refractivity contribution in [1.29, 1.82) is 0 Å². The van der Waals surface area contributed by atoms with Crippen LogP contribution in [0.5, 0.6) is 5.88 Å². The number of alkyl halides is 3. The van der Waals surface area contributed by atoms with E-state index >= 15 is 0 Å². The third kappa shape index (κ3) is 6.83. The Labute approximate surface area is 281 Å². The van der Waals surface area contributed by atoms with Gasteiger partial charge in [-0.2, -0.15) is 23.3 Å². The van der Waals surface area contributed by atoms with Crippen molar-refractivity contribution in [1.82, 2.24) is 39.6 Å². The number of likely N-dealkylation sites (tertiary alicyclic amines) is 1. The van der Waals surface area contributed by atoms with Crippen LogP contribution < -0.4 is 20.7 Å². The molecule has 5 aromatic rings. The lowest BCUT2D eigenvalue weighted by Crippen LogP contribution is -2.45. The molecule has 1 amide bonds. The molecule has 18 heteroatoms. The zero-order valence-electron chi connectivity index (χ0n) is 25.8. The number of benzene rings is 1. The molecule has 1 aliphatic heterocycles. The first-order chi connectivity index (χ1) is 22.9. The molecule has 1 atom stereocenters. The van der Waals surface area contributed by atoms with E-state index in [2.05, 4.69) is 51.6 Å². The monoisotopic (exact) mass is 744 g/mol. The fraction of sp³-hybridized carbons (Fsp3) is 0.300. The number of halogens is 4. The lowest BCUT2D eigenvalue weighted by Gasteiger charge is -2.33. The Hall–Kier alpha value is -4.63. The van der Waals surface area contributed by atoms with Crippen LogP contribution >= 0.6 is 23.7 Å². The Kier molecular flexibility index (Phi) is 9.34. The van der Waals surface area contributed by atoms with Crippen LogP contribution in [-0.4, -0.2) is 78.5 Å². The van der Waals surface area contributed by atoms with Crippen molar-refractivity contribution in [2.24, 2.45) is 7.05 Å². The van der Waals surface area contributed by atoms with Crippen molar-refractivity contribution in [3.8, 4) is 17.0 Å². The molecule has 6 rings (SSSR count). The maximum Gasteiger partial charge on any atom is 0.471 e. The van der Waals surface area contributed by atoms with E-state index in [1.54, 1.807) is 55.3 Å². The summed E-state index contributed by atoms with van der Waals surface area (Å²) in [6.45, 7) is 1.52. The molecule has 2 N–H and O–H groups in total. The van der Waals surface area contributed by atoms with Crippen molar-refractivity contribution >= 4 is 69.1 Å². The van der Waals surface area contributed by atoms with E-state index in [0.29, 0.717) is 49.3 Å². The molecule has 0 aliphatic carbocycles. The second kappa shape index (κ2) is 13.5. The predicted octanol–water partition coefficient (Wildman–Crippen LogP) is 5.56. The number of ether oxygens (including phenoxy) is 1. The summed E-state index contributed by atoms with van der Waals surface area (Å²) in [5.74, 6) is -1.29. The van der Waals surface area contributed by atoms with Crippen LogP contribution in [0, 0.1) is 0 Å². The van der Waals surface area contributed by atoms with Gasteiger partial charge in [0.15, 0.2) is 0 Å². The number of carbonyl (C=O) groups is 1. The number of fused-ring (bicyclic) bond motifs is 1. The first-order valence-corrected chi connectivity index (χ1v) is 17.4. The minimum absolute atomic E-state index is 0.0551. The van der Waals surface area contributed by atoms with Gasteiger partial charge < -0.3 is 24.8 Å². The van der Waals surface area contributed by atoms with Crippen LogP contribution in [0.4, 0.5) is 36.3 Å². The van der Waals surface area contributed by atoms with Crippen molar-refractivity contribution in [2.45, 2.75) is 24.9 Å².